The lowest BCUT2D eigenvalue weighted by atomic mass is 9.99. The zero-order valence-corrected chi connectivity index (χ0v) is 12.2. The highest BCUT2D eigenvalue weighted by Crippen LogP contribution is 2.22. The zero-order chi connectivity index (χ0) is 14.6. The third-order valence-electron chi connectivity index (χ3n) is 3.51. The van der Waals surface area contributed by atoms with Crippen LogP contribution >= 0.6 is 0 Å². The van der Waals surface area contributed by atoms with E-state index in [-0.39, 0.29) is 17.0 Å². The SMILES string of the molecule is CCNc1ncc(F)cc1C(=O)N(C)C(C)(C)CC. The van der Waals surface area contributed by atoms with Crippen molar-refractivity contribution in [1.29, 1.82) is 0 Å². The van der Waals surface area contributed by atoms with E-state index in [4.69, 9.17) is 0 Å². The Balaban J connectivity index is 3.14. The van der Waals surface area contributed by atoms with Crippen LogP contribution in [0.3, 0.4) is 0 Å². The van der Waals surface area contributed by atoms with Gasteiger partial charge in [-0.2, -0.15) is 0 Å². The van der Waals surface area contributed by atoms with E-state index in [2.05, 4.69) is 10.3 Å². The molecule has 0 unspecified atom stereocenters. The van der Waals surface area contributed by atoms with Crippen LogP contribution in [0.15, 0.2) is 12.3 Å². The average Bonchev–Trinajstić information content (AvgIpc) is 2.39. The van der Waals surface area contributed by atoms with E-state index in [0.29, 0.717) is 12.4 Å². The summed E-state index contributed by atoms with van der Waals surface area (Å²) < 4.78 is 13.3. The fraction of sp³-hybridized carbons (Fsp3) is 0.571. The van der Waals surface area contributed by atoms with E-state index in [0.717, 1.165) is 12.6 Å². The van der Waals surface area contributed by atoms with E-state index >= 15 is 0 Å². The summed E-state index contributed by atoms with van der Waals surface area (Å²) in [6, 6.07) is 1.23. The molecular formula is C14H22FN3O. The first-order valence-electron chi connectivity index (χ1n) is 6.51. The predicted molar refractivity (Wildman–Crippen MR) is 74.8 cm³/mol. The first-order valence-corrected chi connectivity index (χ1v) is 6.51. The number of anilines is 1. The van der Waals surface area contributed by atoms with E-state index < -0.39 is 5.82 Å². The molecule has 106 valence electrons. The lowest BCUT2D eigenvalue weighted by molar-refractivity contribution is 0.0620. The van der Waals surface area contributed by atoms with E-state index in [1.54, 1.807) is 11.9 Å². The molecule has 1 aromatic heterocycles. The maximum Gasteiger partial charge on any atom is 0.257 e. The topological polar surface area (TPSA) is 45.2 Å². The van der Waals surface area contributed by atoms with Crippen molar-refractivity contribution < 1.29 is 9.18 Å². The molecule has 0 radical (unpaired) electrons. The van der Waals surface area contributed by atoms with E-state index in [1.807, 2.05) is 27.7 Å². The summed E-state index contributed by atoms with van der Waals surface area (Å²) in [5, 5.41) is 2.98. The number of nitrogens with one attached hydrogen (secondary N) is 1. The highest BCUT2D eigenvalue weighted by atomic mass is 19.1. The van der Waals surface area contributed by atoms with Gasteiger partial charge in [0.25, 0.3) is 5.91 Å². The molecule has 1 amide bonds. The second-order valence-electron chi connectivity index (χ2n) is 5.11. The van der Waals surface area contributed by atoms with Gasteiger partial charge in [0, 0.05) is 19.1 Å². The maximum atomic E-state index is 13.3. The standard InChI is InChI=1S/C14H22FN3O/c1-6-14(3,4)18(5)13(19)11-8-10(15)9-17-12(11)16-7-2/h8-9H,6-7H2,1-5H3,(H,16,17). The van der Waals surface area contributed by atoms with E-state index in [1.165, 1.54) is 6.07 Å². The normalized spacial score (nSPS) is 11.3. The fourth-order valence-electron chi connectivity index (χ4n) is 1.60. The molecule has 0 fully saturated rings. The third-order valence-corrected chi connectivity index (χ3v) is 3.51. The molecule has 5 heteroatoms. The van der Waals surface area contributed by atoms with Crippen LogP contribution < -0.4 is 5.32 Å². The molecule has 0 aliphatic heterocycles. The highest BCUT2D eigenvalue weighted by molar-refractivity contribution is 5.99. The summed E-state index contributed by atoms with van der Waals surface area (Å²) in [6.07, 6.45) is 1.92. The Labute approximate surface area is 114 Å². The van der Waals surface area contributed by atoms with Crippen LogP contribution in [0.2, 0.25) is 0 Å². The summed E-state index contributed by atoms with van der Waals surface area (Å²) in [5.74, 6) is -0.310. The molecule has 1 N–H and O–H groups in total. The molecule has 0 atom stereocenters. The number of halogens is 1. The van der Waals surface area contributed by atoms with Crippen molar-refractivity contribution in [2.75, 3.05) is 18.9 Å². The van der Waals surface area contributed by atoms with Crippen LogP contribution in [0.5, 0.6) is 0 Å². The van der Waals surface area contributed by atoms with Crippen molar-refractivity contribution in [3.8, 4) is 0 Å². The van der Waals surface area contributed by atoms with Crippen molar-refractivity contribution in [3.63, 3.8) is 0 Å². The predicted octanol–water partition coefficient (Wildman–Crippen LogP) is 2.91. The minimum atomic E-state index is -0.507. The van der Waals surface area contributed by atoms with Gasteiger partial charge in [-0.05, 0) is 33.3 Å². The fourth-order valence-corrected chi connectivity index (χ4v) is 1.60. The lowest BCUT2D eigenvalue weighted by Gasteiger charge is -2.35. The lowest BCUT2D eigenvalue weighted by Crippen LogP contribution is -2.44. The summed E-state index contributed by atoms with van der Waals surface area (Å²) in [5.41, 5.74) is -0.0155. The molecule has 0 aliphatic rings. The van der Waals surface area contributed by atoms with Crippen LogP contribution in [0, 0.1) is 5.82 Å². The van der Waals surface area contributed by atoms with Gasteiger partial charge < -0.3 is 10.2 Å². The summed E-state index contributed by atoms with van der Waals surface area (Å²) in [6.45, 7) is 8.49. The van der Waals surface area contributed by atoms with Crippen molar-refractivity contribution in [2.45, 2.75) is 39.7 Å². The van der Waals surface area contributed by atoms with E-state index in [9.17, 15) is 9.18 Å². The molecule has 0 saturated heterocycles. The van der Waals surface area contributed by atoms with Gasteiger partial charge in [-0.15, -0.1) is 0 Å². The molecule has 0 aliphatic carbocycles. The van der Waals surface area contributed by atoms with Crippen molar-refractivity contribution >= 4 is 11.7 Å². The van der Waals surface area contributed by atoms with Crippen molar-refractivity contribution in [1.82, 2.24) is 9.88 Å². The van der Waals surface area contributed by atoms with Gasteiger partial charge in [-0.25, -0.2) is 9.37 Å². The second kappa shape index (κ2) is 5.99. The van der Waals surface area contributed by atoms with Gasteiger partial charge >= 0.3 is 0 Å². The maximum absolute atomic E-state index is 13.3. The summed E-state index contributed by atoms with van der Waals surface area (Å²) in [4.78, 5) is 18.1. The molecule has 1 heterocycles. The number of hydrogen-bond donors (Lipinski definition) is 1. The quantitative estimate of drug-likeness (QED) is 0.892. The van der Waals surface area contributed by atoms with Crippen LogP contribution in [-0.2, 0) is 0 Å². The third kappa shape index (κ3) is 3.43. The Morgan fingerprint density at radius 2 is 2.11 bits per heavy atom. The Kier molecular flexibility index (Phi) is 4.86. The zero-order valence-electron chi connectivity index (χ0n) is 12.2. The number of amides is 1. The second-order valence-corrected chi connectivity index (χ2v) is 5.11. The van der Waals surface area contributed by atoms with Crippen LogP contribution in [0.1, 0.15) is 44.5 Å². The first kappa shape index (κ1) is 15.4. The number of rotatable bonds is 5. The molecule has 1 aromatic rings. The summed E-state index contributed by atoms with van der Waals surface area (Å²) >= 11 is 0. The minimum Gasteiger partial charge on any atom is -0.370 e. The molecule has 19 heavy (non-hydrogen) atoms. The Bertz CT molecular complexity index is 460. The highest BCUT2D eigenvalue weighted by Gasteiger charge is 2.28. The Hall–Kier alpha value is -1.65. The number of carbonyl (C=O) groups is 1. The van der Waals surface area contributed by atoms with Crippen LogP contribution in [-0.4, -0.2) is 34.9 Å². The molecular weight excluding hydrogens is 245 g/mol. The number of pyridine rings is 1. The number of aromatic nitrogens is 1. The van der Waals surface area contributed by atoms with Gasteiger partial charge in [-0.3, -0.25) is 4.79 Å². The molecule has 0 aromatic carbocycles. The van der Waals surface area contributed by atoms with Crippen molar-refractivity contribution in [3.05, 3.63) is 23.6 Å². The average molecular weight is 267 g/mol. The van der Waals surface area contributed by atoms with Gasteiger partial charge in [0.2, 0.25) is 0 Å². The van der Waals surface area contributed by atoms with Gasteiger partial charge in [0.05, 0.1) is 11.8 Å². The molecule has 0 bridgehead atoms. The largest absolute Gasteiger partial charge is 0.370 e. The van der Waals surface area contributed by atoms with Crippen LogP contribution in [0.25, 0.3) is 0 Å². The number of nitrogens with zero attached hydrogens (tertiary/aromatic N) is 2. The summed E-state index contributed by atoms with van der Waals surface area (Å²) in [7, 11) is 1.73. The monoisotopic (exact) mass is 267 g/mol. The number of carbonyl (C=O) groups excluding carboxylic acids is 1. The van der Waals surface area contributed by atoms with Gasteiger partial charge in [-0.1, -0.05) is 6.92 Å². The minimum absolute atomic E-state index is 0.227. The number of hydrogen-bond acceptors (Lipinski definition) is 3. The molecule has 4 nitrogen and oxygen atoms in total. The molecule has 1 rings (SSSR count). The smallest absolute Gasteiger partial charge is 0.257 e. The molecule has 0 saturated carbocycles. The van der Waals surface area contributed by atoms with Gasteiger partial charge in [0.1, 0.15) is 11.6 Å². The van der Waals surface area contributed by atoms with Crippen molar-refractivity contribution in [2.24, 2.45) is 0 Å². The molecule has 0 spiro atoms. The van der Waals surface area contributed by atoms with Crippen LogP contribution in [0.4, 0.5) is 10.2 Å². The Morgan fingerprint density at radius 1 is 1.47 bits per heavy atom. The first-order chi connectivity index (χ1) is 8.83. The Morgan fingerprint density at radius 3 is 2.63 bits per heavy atom. The van der Waals surface area contributed by atoms with Gasteiger partial charge in [0.15, 0.2) is 0 Å².